The van der Waals surface area contributed by atoms with E-state index in [9.17, 15) is 19.2 Å². The SMILES string of the molecule is CC(=O)NC(CS)C(=O)OC(=O)[C@H](CS)NC(C)=O. The first-order chi connectivity index (χ1) is 8.81. The molecule has 0 rings (SSSR count). The molecule has 0 aliphatic carbocycles. The summed E-state index contributed by atoms with van der Waals surface area (Å²) in [5.41, 5.74) is 0. The molecule has 9 heteroatoms. The summed E-state index contributed by atoms with van der Waals surface area (Å²) in [5, 5.41) is 4.57. The van der Waals surface area contributed by atoms with E-state index in [4.69, 9.17) is 0 Å². The van der Waals surface area contributed by atoms with Gasteiger partial charge in [-0.25, -0.2) is 9.59 Å². The van der Waals surface area contributed by atoms with Gasteiger partial charge in [-0.2, -0.15) is 25.3 Å². The fraction of sp³-hybridized carbons (Fsp3) is 0.600. The Labute approximate surface area is 121 Å². The van der Waals surface area contributed by atoms with Gasteiger partial charge < -0.3 is 15.4 Å². The van der Waals surface area contributed by atoms with Crippen LogP contribution in [0.5, 0.6) is 0 Å². The van der Waals surface area contributed by atoms with Crippen molar-refractivity contribution in [2.24, 2.45) is 0 Å². The Morgan fingerprint density at radius 1 is 0.895 bits per heavy atom. The summed E-state index contributed by atoms with van der Waals surface area (Å²) in [6, 6.07) is -2.05. The Morgan fingerprint density at radius 2 is 1.21 bits per heavy atom. The average molecular weight is 308 g/mol. The lowest BCUT2D eigenvalue weighted by atomic mass is 10.3. The molecule has 0 aromatic heterocycles. The summed E-state index contributed by atoms with van der Waals surface area (Å²) >= 11 is 7.74. The molecule has 108 valence electrons. The van der Waals surface area contributed by atoms with Crippen LogP contribution in [0.25, 0.3) is 0 Å². The van der Waals surface area contributed by atoms with Gasteiger partial charge >= 0.3 is 11.9 Å². The van der Waals surface area contributed by atoms with Crippen LogP contribution in [0.1, 0.15) is 13.8 Å². The van der Waals surface area contributed by atoms with Crippen molar-refractivity contribution >= 4 is 49.0 Å². The zero-order valence-electron chi connectivity index (χ0n) is 10.5. The fourth-order valence-corrected chi connectivity index (χ4v) is 1.57. The lowest BCUT2D eigenvalue weighted by molar-refractivity contribution is -0.163. The molecule has 19 heavy (non-hydrogen) atoms. The smallest absolute Gasteiger partial charge is 0.337 e. The molecule has 0 bridgehead atoms. The van der Waals surface area contributed by atoms with Crippen LogP contribution in [0.3, 0.4) is 0 Å². The Balaban J connectivity index is 4.55. The molecule has 7 nitrogen and oxygen atoms in total. The van der Waals surface area contributed by atoms with Crippen LogP contribution in [0.15, 0.2) is 0 Å². The van der Waals surface area contributed by atoms with E-state index in [1.54, 1.807) is 0 Å². The quantitative estimate of drug-likeness (QED) is 0.284. The van der Waals surface area contributed by atoms with Crippen LogP contribution in [-0.2, 0) is 23.9 Å². The van der Waals surface area contributed by atoms with Gasteiger partial charge in [0, 0.05) is 25.4 Å². The van der Waals surface area contributed by atoms with E-state index in [-0.39, 0.29) is 11.5 Å². The molecule has 0 aliphatic rings. The molecule has 2 N–H and O–H groups in total. The molecule has 0 radical (unpaired) electrons. The third-order valence-electron chi connectivity index (χ3n) is 1.89. The highest BCUT2D eigenvalue weighted by Crippen LogP contribution is 1.98. The standard InChI is InChI=1S/C10H16N2O5S2/c1-5(13)11-7(3-18)9(15)17-10(16)8(4-19)12-6(2)14/h7-8,18-19H,3-4H2,1-2H3,(H,11,13)(H,12,14)/t7-,8?/m0/s1. The number of nitrogens with one attached hydrogen (secondary N) is 2. The predicted molar refractivity (Wildman–Crippen MR) is 74.0 cm³/mol. The number of carbonyl (C=O) groups excluding carboxylic acids is 4. The molecule has 0 aromatic rings. The molecule has 0 aliphatic heterocycles. The first-order valence-electron chi connectivity index (χ1n) is 5.33. The van der Waals surface area contributed by atoms with E-state index in [1.807, 2.05) is 0 Å². The van der Waals surface area contributed by atoms with Crippen molar-refractivity contribution in [1.29, 1.82) is 0 Å². The lowest BCUT2D eigenvalue weighted by Crippen LogP contribution is -2.47. The van der Waals surface area contributed by atoms with Crippen LogP contribution in [0, 0.1) is 0 Å². The predicted octanol–water partition coefficient (Wildman–Crippen LogP) is -1.07. The number of rotatable bonds is 6. The van der Waals surface area contributed by atoms with Gasteiger partial charge in [-0.3, -0.25) is 9.59 Å². The number of amides is 2. The Kier molecular flexibility index (Phi) is 8.24. The Hall–Kier alpha value is -1.22. The summed E-state index contributed by atoms with van der Waals surface area (Å²) < 4.78 is 4.55. The molecule has 0 fully saturated rings. The van der Waals surface area contributed by atoms with E-state index in [2.05, 4.69) is 40.6 Å². The van der Waals surface area contributed by atoms with E-state index < -0.39 is 35.8 Å². The van der Waals surface area contributed by atoms with Gasteiger partial charge in [-0.1, -0.05) is 0 Å². The van der Waals surface area contributed by atoms with Crippen molar-refractivity contribution in [3.63, 3.8) is 0 Å². The maximum absolute atomic E-state index is 11.6. The van der Waals surface area contributed by atoms with Crippen molar-refractivity contribution in [3.8, 4) is 0 Å². The summed E-state index contributed by atoms with van der Waals surface area (Å²) in [6.45, 7) is 2.44. The third-order valence-corrected chi connectivity index (χ3v) is 2.62. The molecule has 0 heterocycles. The molecular formula is C10H16N2O5S2. The number of hydrogen-bond donors (Lipinski definition) is 4. The number of hydrogen-bond acceptors (Lipinski definition) is 7. The summed E-state index contributed by atoms with van der Waals surface area (Å²) in [4.78, 5) is 44.8. The minimum atomic E-state index is -1.03. The zero-order valence-corrected chi connectivity index (χ0v) is 12.3. The van der Waals surface area contributed by atoms with E-state index in [1.165, 1.54) is 13.8 Å². The second kappa shape index (κ2) is 8.81. The van der Waals surface area contributed by atoms with Crippen LogP contribution in [-0.4, -0.2) is 47.3 Å². The fourth-order valence-electron chi connectivity index (χ4n) is 1.09. The second-order valence-electron chi connectivity index (χ2n) is 3.61. The average Bonchev–Trinajstić information content (AvgIpc) is 2.31. The van der Waals surface area contributed by atoms with E-state index in [0.29, 0.717) is 0 Å². The largest absolute Gasteiger partial charge is 0.390 e. The van der Waals surface area contributed by atoms with Crippen molar-refractivity contribution in [2.75, 3.05) is 11.5 Å². The monoisotopic (exact) mass is 308 g/mol. The zero-order chi connectivity index (χ0) is 15.0. The van der Waals surface area contributed by atoms with Crippen LogP contribution in [0.4, 0.5) is 0 Å². The molecule has 0 saturated carbocycles. The van der Waals surface area contributed by atoms with Gasteiger partial charge in [0.15, 0.2) is 0 Å². The van der Waals surface area contributed by atoms with Crippen molar-refractivity contribution in [3.05, 3.63) is 0 Å². The highest BCUT2D eigenvalue weighted by atomic mass is 32.1. The molecular weight excluding hydrogens is 292 g/mol. The third kappa shape index (κ3) is 7.06. The van der Waals surface area contributed by atoms with Gasteiger partial charge in [-0.05, 0) is 0 Å². The summed E-state index contributed by atoms with van der Waals surface area (Å²) in [6.07, 6.45) is 0. The molecule has 1 unspecified atom stereocenters. The van der Waals surface area contributed by atoms with Crippen LogP contribution in [0.2, 0.25) is 0 Å². The molecule has 0 aromatic carbocycles. The molecule has 2 atom stereocenters. The van der Waals surface area contributed by atoms with E-state index in [0.717, 1.165) is 0 Å². The molecule has 0 saturated heterocycles. The van der Waals surface area contributed by atoms with Gasteiger partial charge in [0.25, 0.3) is 0 Å². The molecule has 2 amide bonds. The van der Waals surface area contributed by atoms with Gasteiger partial charge in [0.2, 0.25) is 11.8 Å². The maximum Gasteiger partial charge on any atom is 0.337 e. The van der Waals surface area contributed by atoms with Gasteiger partial charge in [-0.15, -0.1) is 0 Å². The first-order valence-corrected chi connectivity index (χ1v) is 6.59. The lowest BCUT2D eigenvalue weighted by Gasteiger charge is -2.17. The number of thiol groups is 2. The van der Waals surface area contributed by atoms with Crippen molar-refractivity contribution in [1.82, 2.24) is 10.6 Å². The maximum atomic E-state index is 11.6. The Bertz CT molecular complexity index is 341. The highest BCUT2D eigenvalue weighted by Gasteiger charge is 2.27. The first kappa shape index (κ1) is 17.8. The van der Waals surface area contributed by atoms with Gasteiger partial charge in [0.05, 0.1) is 0 Å². The second-order valence-corrected chi connectivity index (χ2v) is 4.34. The van der Waals surface area contributed by atoms with E-state index >= 15 is 0 Å². The minimum Gasteiger partial charge on any atom is -0.390 e. The van der Waals surface area contributed by atoms with Crippen molar-refractivity contribution in [2.45, 2.75) is 25.9 Å². The number of ether oxygens (including phenoxy) is 1. The van der Waals surface area contributed by atoms with Crippen LogP contribution < -0.4 is 10.6 Å². The van der Waals surface area contributed by atoms with Gasteiger partial charge in [0.1, 0.15) is 12.1 Å². The minimum absolute atomic E-state index is 0.0165. The Morgan fingerprint density at radius 3 is 1.42 bits per heavy atom. The number of esters is 2. The molecule has 0 spiro atoms. The topological polar surface area (TPSA) is 102 Å². The van der Waals surface area contributed by atoms with Crippen LogP contribution >= 0.6 is 25.3 Å². The normalized spacial score (nSPS) is 13.1. The summed E-state index contributed by atoms with van der Waals surface area (Å²) in [7, 11) is 0. The van der Waals surface area contributed by atoms with Crippen molar-refractivity contribution < 1.29 is 23.9 Å². The highest BCUT2D eigenvalue weighted by molar-refractivity contribution is 7.80. The summed E-state index contributed by atoms with van der Waals surface area (Å²) in [5.74, 6) is -2.80. The number of carbonyl (C=O) groups is 4.